The highest BCUT2D eigenvalue weighted by Gasteiger charge is 2.05. The second-order valence-electron chi connectivity index (χ2n) is 2.20. The lowest BCUT2D eigenvalue weighted by Crippen LogP contribution is -2.06. The van der Waals surface area contributed by atoms with E-state index in [0.717, 1.165) is 0 Å². The molecule has 0 radical (unpaired) electrons. The minimum Gasteiger partial charge on any atom is -0.360 e. The van der Waals surface area contributed by atoms with Gasteiger partial charge in [0, 0.05) is 0 Å². The molecule has 0 aliphatic rings. The van der Waals surface area contributed by atoms with E-state index in [-0.39, 0.29) is 5.56 Å². The Morgan fingerprint density at radius 1 is 1.64 bits per heavy atom. The Balaban J connectivity index is 3.06. The van der Waals surface area contributed by atoms with Crippen LogP contribution < -0.4 is 5.56 Å². The van der Waals surface area contributed by atoms with Crippen LogP contribution in [0.25, 0.3) is 10.9 Å². The summed E-state index contributed by atoms with van der Waals surface area (Å²) in [6.45, 7) is 1.73. The molecule has 0 aliphatic carbocycles. The van der Waals surface area contributed by atoms with Crippen LogP contribution in [0.5, 0.6) is 0 Å². The van der Waals surface area contributed by atoms with Crippen LogP contribution >= 0.6 is 0 Å². The predicted molar refractivity (Wildman–Crippen MR) is 37.2 cm³/mol. The van der Waals surface area contributed by atoms with Gasteiger partial charge in [-0.3, -0.25) is 4.79 Å². The molecule has 0 unspecified atom stereocenters. The minimum absolute atomic E-state index is 0.303. The van der Waals surface area contributed by atoms with E-state index in [2.05, 4.69) is 15.4 Å². The largest absolute Gasteiger partial charge is 0.360 e. The summed E-state index contributed by atoms with van der Waals surface area (Å²) < 4.78 is 4.79. The topological polar surface area (TPSA) is 71.8 Å². The van der Waals surface area contributed by atoms with Crippen LogP contribution in [0.1, 0.15) is 5.76 Å². The summed E-state index contributed by atoms with van der Waals surface area (Å²) in [6, 6.07) is 0. The van der Waals surface area contributed by atoms with Crippen LogP contribution in [0.15, 0.2) is 15.5 Å². The third-order valence-corrected chi connectivity index (χ3v) is 1.48. The molecule has 0 saturated carbocycles. The summed E-state index contributed by atoms with van der Waals surface area (Å²) in [7, 11) is 0. The van der Waals surface area contributed by atoms with Crippen molar-refractivity contribution in [3.8, 4) is 0 Å². The van der Waals surface area contributed by atoms with Gasteiger partial charge < -0.3 is 4.52 Å². The smallest absolute Gasteiger partial charge is 0.294 e. The summed E-state index contributed by atoms with van der Waals surface area (Å²) in [6.07, 6.45) is 1.52. The van der Waals surface area contributed by atoms with E-state index < -0.39 is 0 Å². The molecule has 1 N–H and O–H groups in total. The molecule has 5 heteroatoms. The SMILES string of the molecule is Cc1onc2c(=O)[nH]ncc12. The zero-order valence-electron chi connectivity index (χ0n) is 5.79. The van der Waals surface area contributed by atoms with Crippen LogP contribution in [0.3, 0.4) is 0 Å². The molecule has 2 aromatic heterocycles. The molecule has 0 amide bonds. The van der Waals surface area contributed by atoms with Gasteiger partial charge in [-0.2, -0.15) is 5.10 Å². The van der Waals surface area contributed by atoms with Crippen LogP contribution in [-0.2, 0) is 0 Å². The lowest BCUT2D eigenvalue weighted by atomic mass is 10.3. The summed E-state index contributed by atoms with van der Waals surface area (Å²) in [5.41, 5.74) is -0.0168. The highest BCUT2D eigenvalue weighted by atomic mass is 16.5. The zero-order chi connectivity index (χ0) is 7.84. The molecule has 0 fully saturated rings. The fourth-order valence-corrected chi connectivity index (χ4v) is 0.903. The average molecular weight is 151 g/mol. The van der Waals surface area contributed by atoms with Gasteiger partial charge in [0.05, 0.1) is 11.6 Å². The highest BCUT2D eigenvalue weighted by molar-refractivity contribution is 5.77. The molecule has 0 aromatic carbocycles. The fourth-order valence-electron chi connectivity index (χ4n) is 0.903. The van der Waals surface area contributed by atoms with Crippen LogP contribution in [-0.4, -0.2) is 15.4 Å². The Hall–Kier alpha value is -1.65. The number of aromatic amines is 1. The lowest BCUT2D eigenvalue weighted by molar-refractivity contribution is 0.405. The van der Waals surface area contributed by atoms with E-state index in [1.807, 2.05) is 0 Å². The van der Waals surface area contributed by atoms with E-state index in [1.165, 1.54) is 6.20 Å². The van der Waals surface area contributed by atoms with E-state index in [4.69, 9.17) is 4.52 Å². The quantitative estimate of drug-likeness (QED) is 0.584. The van der Waals surface area contributed by atoms with Gasteiger partial charge >= 0.3 is 0 Å². The van der Waals surface area contributed by atoms with Crippen LogP contribution in [0, 0.1) is 6.92 Å². The Bertz CT molecular complexity index is 442. The Labute approximate surface area is 61.0 Å². The summed E-state index contributed by atoms with van der Waals surface area (Å²) in [4.78, 5) is 11.0. The summed E-state index contributed by atoms with van der Waals surface area (Å²) >= 11 is 0. The molecule has 56 valence electrons. The van der Waals surface area contributed by atoms with E-state index in [0.29, 0.717) is 16.7 Å². The van der Waals surface area contributed by atoms with E-state index in [9.17, 15) is 4.79 Å². The highest BCUT2D eigenvalue weighted by Crippen LogP contribution is 2.10. The Morgan fingerprint density at radius 3 is 3.18 bits per heavy atom. The van der Waals surface area contributed by atoms with Crippen molar-refractivity contribution in [3.63, 3.8) is 0 Å². The van der Waals surface area contributed by atoms with Crippen molar-refractivity contribution in [1.29, 1.82) is 0 Å². The van der Waals surface area contributed by atoms with Crippen molar-refractivity contribution in [1.82, 2.24) is 15.4 Å². The molecular weight excluding hydrogens is 146 g/mol. The third-order valence-electron chi connectivity index (χ3n) is 1.48. The maximum Gasteiger partial charge on any atom is 0.294 e. The van der Waals surface area contributed by atoms with Gasteiger partial charge in [-0.05, 0) is 6.92 Å². The maximum absolute atomic E-state index is 11.0. The van der Waals surface area contributed by atoms with E-state index in [1.54, 1.807) is 6.92 Å². The first-order chi connectivity index (χ1) is 5.29. The Morgan fingerprint density at radius 2 is 2.45 bits per heavy atom. The number of aryl methyl sites for hydroxylation is 1. The first kappa shape index (κ1) is 6.09. The number of nitrogens with one attached hydrogen (secondary N) is 1. The second kappa shape index (κ2) is 1.91. The average Bonchev–Trinajstić information content (AvgIpc) is 2.35. The molecule has 0 bridgehead atoms. The molecule has 5 nitrogen and oxygen atoms in total. The molecule has 2 aromatic rings. The van der Waals surface area contributed by atoms with Crippen LogP contribution in [0.2, 0.25) is 0 Å². The first-order valence-corrected chi connectivity index (χ1v) is 3.08. The van der Waals surface area contributed by atoms with Gasteiger partial charge in [-0.15, -0.1) is 0 Å². The molecule has 0 spiro atoms. The molecule has 2 rings (SSSR count). The van der Waals surface area contributed by atoms with Gasteiger partial charge in [-0.1, -0.05) is 5.16 Å². The molecule has 0 aliphatic heterocycles. The molecule has 0 saturated heterocycles. The summed E-state index contributed by atoms with van der Waals surface area (Å²) in [5, 5.41) is 10.1. The van der Waals surface area contributed by atoms with Gasteiger partial charge in [0.2, 0.25) is 0 Å². The number of aromatic nitrogens is 3. The number of H-pyrrole nitrogens is 1. The minimum atomic E-state index is -0.320. The van der Waals surface area contributed by atoms with Gasteiger partial charge in [-0.25, -0.2) is 5.10 Å². The van der Waals surface area contributed by atoms with Crippen molar-refractivity contribution >= 4 is 10.9 Å². The van der Waals surface area contributed by atoms with Crippen molar-refractivity contribution in [2.75, 3.05) is 0 Å². The van der Waals surface area contributed by atoms with Gasteiger partial charge in [0.1, 0.15) is 5.76 Å². The third kappa shape index (κ3) is 0.739. The Kier molecular flexibility index (Phi) is 1.06. The summed E-state index contributed by atoms with van der Waals surface area (Å²) in [5.74, 6) is 0.610. The molecule has 0 atom stereocenters. The number of rotatable bonds is 0. The van der Waals surface area contributed by atoms with Crippen molar-refractivity contribution in [2.45, 2.75) is 6.92 Å². The van der Waals surface area contributed by atoms with Crippen molar-refractivity contribution in [2.24, 2.45) is 0 Å². The molecular formula is C6H5N3O2. The number of hydrogen-bond donors (Lipinski definition) is 1. The normalized spacial score (nSPS) is 10.6. The molecule has 2 heterocycles. The fraction of sp³-hybridized carbons (Fsp3) is 0.167. The zero-order valence-corrected chi connectivity index (χ0v) is 5.79. The second-order valence-corrected chi connectivity index (χ2v) is 2.20. The number of hydrogen-bond acceptors (Lipinski definition) is 4. The van der Waals surface area contributed by atoms with E-state index >= 15 is 0 Å². The monoisotopic (exact) mass is 151 g/mol. The maximum atomic E-state index is 11.0. The van der Waals surface area contributed by atoms with Crippen molar-refractivity contribution < 1.29 is 4.52 Å². The number of nitrogens with zero attached hydrogens (tertiary/aromatic N) is 2. The predicted octanol–water partition coefficient (Wildman–Crippen LogP) is 0.220. The van der Waals surface area contributed by atoms with Gasteiger partial charge in [0.15, 0.2) is 5.52 Å². The number of fused-ring (bicyclic) bond motifs is 1. The van der Waals surface area contributed by atoms with Crippen LogP contribution in [0.4, 0.5) is 0 Å². The lowest BCUT2D eigenvalue weighted by Gasteiger charge is -1.82. The first-order valence-electron chi connectivity index (χ1n) is 3.08. The molecule has 11 heavy (non-hydrogen) atoms. The van der Waals surface area contributed by atoms with Gasteiger partial charge in [0.25, 0.3) is 5.56 Å². The standard InChI is InChI=1S/C6H5N3O2/c1-3-4-2-7-8-6(10)5(4)9-11-3/h2H,1H3,(H,8,10). The van der Waals surface area contributed by atoms with Crippen molar-refractivity contribution in [3.05, 3.63) is 22.3 Å².